The molecule has 0 fully saturated rings. The molecule has 0 aliphatic heterocycles. The van der Waals surface area contributed by atoms with Crippen molar-refractivity contribution in [3.05, 3.63) is 70.7 Å². The van der Waals surface area contributed by atoms with E-state index in [2.05, 4.69) is 4.98 Å². The van der Waals surface area contributed by atoms with Gasteiger partial charge in [0.15, 0.2) is 15.8 Å². The quantitative estimate of drug-likeness (QED) is 0.459. The maximum atomic E-state index is 12.4. The third-order valence-electron chi connectivity index (χ3n) is 4.23. The molecule has 0 aliphatic carbocycles. The van der Waals surface area contributed by atoms with Crippen molar-refractivity contribution in [2.24, 2.45) is 0 Å². The highest BCUT2D eigenvalue weighted by Gasteiger charge is 2.13. The van der Waals surface area contributed by atoms with E-state index in [1.807, 2.05) is 67.9 Å². The van der Waals surface area contributed by atoms with E-state index in [1.165, 1.54) is 11.8 Å². The van der Waals surface area contributed by atoms with E-state index in [0.29, 0.717) is 30.4 Å². The number of benzene rings is 2. The highest BCUT2D eigenvalue weighted by Crippen LogP contribution is 2.29. The van der Waals surface area contributed by atoms with Gasteiger partial charge in [-0.2, -0.15) is 0 Å². The van der Waals surface area contributed by atoms with Crippen molar-refractivity contribution in [3.8, 4) is 11.5 Å². The number of carbonyl (C=O) groups excluding carboxylic acids is 1. The number of hydrogen-bond donors (Lipinski definition) is 0. The van der Waals surface area contributed by atoms with Gasteiger partial charge >= 0.3 is 0 Å². The molecule has 0 aliphatic rings. The van der Waals surface area contributed by atoms with Crippen LogP contribution in [0.5, 0.6) is 11.5 Å². The average Bonchev–Trinajstić information content (AvgIpc) is 3.16. The molecule has 0 N–H and O–H groups in total. The predicted octanol–water partition coefficient (Wildman–Crippen LogP) is 4.79. The zero-order chi connectivity index (χ0) is 20.6. The van der Waals surface area contributed by atoms with Crippen molar-refractivity contribution >= 4 is 29.0 Å². The monoisotopic (exact) mass is 428 g/mol. The summed E-state index contributed by atoms with van der Waals surface area (Å²) in [7, 11) is 3.43. The number of amides is 1. The largest absolute Gasteiger partial charge is 0.493 e. The van der Waals surface area contributed by atoms with Gasteiger partial charge in [-0.1, -0.05) is 48.2 Å². The summed E-state index contributed by atoms with van der Waals surface area (Å²) in [6, 6.07) is 15.8. The first-order valence-corrected chi connectivity index (χ1v) is 11.0. The highest BCUT2D eigenvalue weighted by molar-refractivity contribution is 8.01. The van der Waals surface area contributed by atoms with E-state index in [1.54, 1.807) is 23.3 Å². The summed E-state index contributed by atoms with van der Waals surface area (Å²) >= 11 is 3.04. The summed E-state index contributed by atoms with van der Waals surface area (Å²) in [5, 5.41) is 1.99. The van der Waals surface area contributed by atoms with Gasteiger partial charge in [-0.3, -0.25) is 4.79 Å². The summed E-state index contributed by atoms with van der Waals surface area (Å²) in [5.41, 5.74) is 3.07. The molecule has 1 amide bonds. The first kappa shape index (κ1) is 21.2. The summed E-state index contributed by atoms with van der Waals surface area (Å²) in [6.45, 7) is 2.93. The van der Waals surface area contributed by atoms with Crippen LogP contribution in [0, 0.1) is 6.92 Å². The third-order valence-corrected chi connectivity index (χ3v) is 6.35. The Morgan fingerprint density at radius 2 is 1.93 bits per heavy atom. The molecular weight excluding hydrogens is 404 g/mol. The minimum absolute atomic E-state index is 0.0613. The Morgan fingerprint density at radius 1 is 1.14 bits per heavy atom. The predicted molar refractivity (Wildman–Crippen MR) is 118 cm³/mol. The molecule has 1 aromatic heterocycles. The van der Waals surface area contributed by atoms with Crippen molar-refractivity contribution in [2.75, 3.05) is 19.9 Å². The zero-order valence-corrected chi connectivity index (χ0v) is 18.4. The van der Waals surface area contributed by atoms with E-state index < -0.39 is 0 Å². The molecule has 1 heterocycles. The minimum atomic E-state index is 0.0613. The second kappa shape index (κ2) is 10.3. The molecule has 152 valence electrons. The van der Waals surface area contributed by atoms with Crippen molar-refractivity contribution in [1.82, 2.24) is 9.88 Å². The topological polar surface area (TPSA) is 51.7 Å². The van der Waals surface area contributed by atoms with Crippen LogP contribution < -0.4 is 9.47 Å². The second-order valence-corrected chi connectivity index (χ2v) is 8.63. The number of carbonyl (C=O) groups is 1. The van der Waals surface area contributed by atoms with Gasteiger partial charge in [0.25, 0.3) is 0 Å². The standard InChI is InChI=1S/C22H24N2O3S2/c1-16-14-28-22(23-16)29-15-21(25)24(2)12-18-9-10-19(20(11-18)26-3)27-13-17-7-5-4-6-8-17/h4-11,14H,12-13,15H2,1-3H3. The van der Waals surface area contributed by atoms with E-state index >= 15 is 0 Å². The molecule has 0 radical (unpaired) electrons. The summed E-state index contributed by atoms with van der Waals surface area (Å²) in [6.07, 6.45) is 0. The molecule has 0 spiro atoms. The molecule has 2 aromatic carbocycles. The molecule has 0 saturated carbocycles. The SMILES string of the molecule is COc1cc(CN(C)C(=O)CSc2nc(C)cs2)ccc1OCc1ccccc1. The summed E-state index contributed by atoms with van der Waals surface area (Å²) in [5.74, 6) is 1.78. The molecular formula is C22H24N2O3S2. The molecule has 0 unspecified atom stereocenters. The Balaban J connectivity index is 1.56. The number of aryl methyl sites for hydroxylation is 1. The van der Waals surface area contributed by atoms with Crippen molar-refractivity contribution in [2.45, 2.75) is 24.4 Å². The van der Waals surface area contributed by atoms with Crippen molar-refractivity contribution in [1.29, 1.82) is 0 Å². The van der Waals surface area contributed by atoms with Gasteiger partial charge in [0.2, 0.25) is 5.91 Å². The zero-order valence-electron chi connectivity index (χ0n) is 16.8. The van der Waals surface area contributed by atoms with E-state index in [9.17, 15) is 4.79 Å². The number of thiazole rings is 1. The van der Waals surface area contributed by atoms with Crippen molar-refractivity contribution < 1.29 is 14.3 Å². The molecule has 0 bridgehead atoms. The molecule has 0 saturated heterocycles. The highest BCUT2D eigenvalue weighted by atomic mass is 32.2. The lowest BCUT2D eigenvalue weighted by atomic mass is 10.2. The van der Waals surface area contributed by atoms with Gasteiger partial charge in [0.05, 0.1) is 12.9 Å². The molecule has 5 nitrogen and oxygen atoms in total. The van der Waals surface area contributed by atoms with Crippen LogP contribution >= 0.6 is 23.1 Å². The first-order chi connectivity index (χ1) is 14.0. The number of nitrogens with zero attached hydrogens (tertiary/aromatic N) is 2. The molecule has 3 rings (SSSR count). The fourth-order valence-corrected chi connectivity index (χ4v) is 4.45. The van der Waals surface area contributed by atoms with E-state index in [0.717, 1.165) is 21.2 Å². The fraction of sp³-hybridized carbons (Fsp3) is 0.273. The Kier molecular flexibility index (Phi) is 7.55. The Morgan fingerprint density at radius 3 is 2.62 bits per heavy atom. The summed E-state index contributed by atoms with van der Waals surface area (Å²) in [4.78, 5) is 18.5. The molecule has 0 atom stereocenters. The second-order valence-electron chi connectivity index (χ2n) is 6.55. The van der Waals surface area contributed by atoms with Crippen molar-refractivity contribution in [3.63, 3.8) is 0 Å². The lowest BCUT2D eigenvalue weighted by molar-refractivity contribution is -0.127. The van der Waals surface area contributed by atoms with Gasteiger partial charge in [-0.05, 0) is 30.2 Å². The normalized spacial score (nSPS) is 10.6. The lowest BCUT2D eigenvalue weighted by Crippen LogP contribution is -2.27. The van der Waals surface area contributed by atoms with Crippen LogP contribution in [0.3, 0.4) is 0 Å². The van der Waals surface area contributed by atoms with Crippen LogP contribution in [0.4, 0.5) is 0 Å². The smallest absolute Gasteiger partial charge is 0.233 e. The van der Waals surface area contributed by atoms with Gasteiger partial charge in [-0.25, -0.2) is 4.98 Å². The van der Waals surface area contributed by atoms with Crippen LogP contribution in [0.2, 0.25) is 0 Å². The Labute approximate surface area is 179 Å². The van der Waals surface area contributed by atoms with Gasteiger partial charge in [0.1, 0.15) is 6.61 Å². The third kappa shape index (κ3) is 6.24. The maximum Gasteiger partial charge on any atom is 0.233 e. The first-order valence-electron chi connectivity index (χ1n) is 9.17. The maximum absolute atomic E-state index is 12.4. The number of thioether (sulfide) groups is 1. The van der Waals surface area contributed by atoms with Crippen LogP contribution in [-0.4, -0.2) is 35.7 Å². The van der Waals surface area contributed by atoms with Crippen LogP contribution in [0.25, 0.3) is 0 Å². The number of hydrogen-bond acceptors (Lipinski definition) is 6. The molecule has 29 heavy (non-hydrogen) atoms. The van der Waals surface area contributed by atoms with Gasteiger partial charge < -0.3 is 14.4 Å². The van der Waals surface area contributed by atoms with Gasteiger partial charge in [-0.15, -0.1) is 11.3 Å². The summed E-state index contributed by atoms with van der Waals surface area (Å²) < 4.78 is 12.3. The van der Waals surface area contributed by atoms with Gasteiger partial charge in [0, 0.05) is 24.7 Å². The fourth-order valence-electron chi connectivity index (χ4n) is 2.66. The minimum Gasteiger partial charge on any atom is -0.493 e. The van der Waals surface area contributed by atoms with Crippen LogP contribution in [-0.2, 0) is 17.9 Å². The number of aromatic nitrogens is 1. The Bertz CT molecular complexity index is 944. The number of ether oxygens (including phenoxy) is 2. The van der Waals surface area contributed by atoms with E-state index in [-0.39, 0.29) is 5.91 Å². The lowest BCUT2D eigenvalue weighted by Gasteiger charge is -2.18. The molecule has 7 heteroatoms. The number of rotatable bonds is 9. The average molecular weight is 429 g/mol. The Hall–Kier alpha value is -2.51. The number of methoxy groups -OCH3 is 1. The van der Waals surface area contributed by atoms with Crippen LogP contribution in [0.1, 0.15) is 16.8 Å². The van der Waals surface area contributed by atoms with Crippen LogP contribution in [0.15, 0.2) is 58.3 Å². The van der Waals surface area contributed by atoms with E-state index in [4.69, 9.17) is 9.47 Å². The molecule has 3 aromatic rings.